The maximum atomic E-state index is 13.6. The Bertz CT molecular complexity index is 725. The number of nitrogens with zero attached hydrogens (tertiary/aromatic N) is 1. The molecule has 0 aliphatic carbocycles. The lowest BCUT2D eigenvalue weighted by Crippen LogP contribution is -2.30. The van der Waals surface area contributed by atoms with E-state index in [2.05, 4.69) is 0 Å². The highest BCUT2D eigenvalue weighted by Gasteiger charge is 2.29. The van der Waals surface area contributed by atoms with E-state index in [-0.39, 0.29) is 17.3 Å². The van der Waals surface area contributed by atoms with Gasteiger partial charge < -0.3 is 0 Å². The normalized spacial score (nSPS) is 18.5. The lowest BCUT2D eigenvalue weighted by Gasteiger charge is -2.25. The molecule has 1 aliphatic heterocycles. The first kappa shape index (κ1) is 10.7. The SMILES string of the molecule is CN1Cc2ccc(F)c3cccc(c23)S1(=O)=O. The Morgan fingerprint density at radius 3 is 2.76 bits per heavy atom. The number of benzene rings is 2. The summed E-state index contributed by atoms with van der Waals surface area (Å²) in [5.74, 6) is -0.384. The number of sulfonamides is 1. The molecule has 0 bridgehead atoms. The molecule has 0 atom stereocenters. The first-order valence-corrected chi connectivity index (χ1v) is 6.62. The first-order chi connectivity index (χ1) is 8.01. The van der Waals surface area contributed by atoms with Crippen LogP contribution in [0.1, 0.15) is 5.56 Å². The van der Waals surface area contributed by atoms with Crippen molar-refractivity contribution in [1.29, 1.82) is 0 Å². The van der Waals surface area contributed by atoms with Gasteiger partial charge in [0.05, 0.1) is 4.90 Å². The maximum absolute atomic E-state index is 13.6. The van der Waals surface area contributed by atoms with Crippen molar-refractivity contribution >= 4 is 20.8 Å². The molecule has 0 amide bonds. The highest BCUT2D eigenvalue weighted by Crippen LogP contribution is 2.34. The van der Waals surface area contributed by atoms with Crippen molar-refractivity contribution in [2.24, 2.45) is 0 Å². The predicted molar refractivity (Wildman–Crippen MR) is 62.6 cm³/mol. The first-order valence-electron chi connectivity index (χ1n) is 5.18. The van der Waals surface area contributed by atoms with E-state index in [0.717, 1.165) is 5.56 Å². The second-order valence-electron chi connectivity index (χ2n) is 4.15. The van der Waals surface area contributed by atoms with Crippen LogP contribution in [-0.2, 0) is 16.6 Å². The molecule has 17 heavy (non-hydrogen) atoms. The van der Waals surface area contributed by atoms with Gasteiger partial charge in [-0.05, 0) is 17.7 Å². The van der Waals surface area contributed by atoms with Gasteiger partial charge in [0.25, 0.3) is 0 Å². The average molecular weight is 251 g/mol. The lowest BCUT2D eigenvalue weighted by atomic mass is 10.0. The number of hydrogen-bond donors (Lipinski definition) is 0. The molecule has 3 nitrogen and oxygen atoms in total. The van der Waals surface area contributed by atoms with E-state index in [1.54, 1.807) is 18.2 Å². The quantitative estimate of drug-likeness (QED) is 0.719. The molecule has 0 spiro atoms. The van der Waals surface area contributed by atoms with Gasteiger partial charge >= 0.3 is 0 Å². The summed E-state index contributed by atoms with van der Waals surface area (Å²) >= 11 is 0. The third-order valence-corrected chi connectivity index (χ3v) is 4.96. The third kappa shape index (κ3) is 1.33. The molecule has 3 rings (SSSR count). The van der Waals surface area contributed by atoms with Crippen molar-refractivity contribution in [1.82, 2.24) is 4.31 Å². The zero-order chi connectivity index (χ0) is 12.2. The van der Waals surface area contributed by atoms with E-state index in [1.165, 1.54) is 23.5 Å². The van der Waals surface area contributed by atoms with E-state index in [0.29, 0.717) is 10.8 Å². The summed E-state index contributed by atoms with van der Waals surface area (Å²) in [6.45, 7) is 0.288. The number of halogens is 1. The fourth-order valence-electron chi connectivity index (χ4n) is 2.25. The molecule has 2 aromatic rings. The van der Waals surface area contributed by atoms with Gasteiger partial charge in [0, 0.05) is 24.4 Å². The van der Waals surface area contributed by atoms with Crippen LogP contribution < -0.4 is 0 Å². The highest BCUT2D eigenvalue weighted by atomic mass is 32.2. The number of rotatable bonds is 0. The summed E-state index contributed by atoms with van der Waals surface area (Å²) in [6.07, 6.45) is 0. The molecule has 0 saturated heterocycles. The zero-order valence-electron chi connectivity index (χ0n) is 9.14. The summed E-state index contributed by atoms with van der Waals surface area (Å²) in [4.78, 5) is 0.193. The van der Waals surface area contributed by atoms with Crippen LogP contribution in [0, 0.1) is 5.82 Å². The Labute approximate surface area is 98.5 Å². The van der Waals surface area contributed by atoms with Crippen molar-refractivity contribution in [2.75, 3.05) is 7.05 Å². The number of hydrogen-bond acceptors (Lipinski definition) is 2. The van der Waals surface area contributed by atoms with E-state index in [4.69, 9.17) is 0 Å². The fourth-order valence-corrected chi connectivity index (χ4v) is 3.64. The van der Waals surface area contributed by atoms with Crippen molar-refractivity contribution in [2.45, 2.75) is 11.4 Å². The Hall–Kier alpha value is -1.46. The zero-order valence-corrected chi connectivity index (χ0v) is 9.96. The van der Waals surface area contributed by atoms with Gasteiger partial charge in [0.2, 0.25) is 10.0 Å². The third-order valence-electron chi connectivity index (χ3n) is 3.12. The van der Waals surface area contributed by atoms with Gasteiger partial charge in [0.1, 0.15) is 5.82 Å². The minimum atomic E-state index is -3.48. The van der Waals surface area contributed by atoms with Crippen LogP contribution in [0.4, 0.5) is 4.39 Å². The molecule has 5 heteroatoms. The topological polar surface area (TPSA) is 37.4 Å². The minimum Gasteiger partial charge on any atom is -0.207 e. The van der Waals surface area contributed by atoms with Gasteiger partial charge in [-0.25, -0.2) is 12.8 Å². The minimum absolute atomic E-state index is 0.193. The molecule has 0 saturated carbocycles. The monoisotopic (exact) mass is 251 g/mol. The predicted octanol–water partition coefficient (Wildman–Crippen LogP) is 2.11. The molecule has 0 fully saturated rings. The van der Waals surface area contributed by atoms with Crippen LogP contribution in [-0.4, -0.2) is 19.8 Å². The van der Waals surface area contributed by atoms with Crippen molar-refractivity contribution in [3.05, 3.63) is 41.7 Å². The van der Waals surface area contributed by atoms with Crippen LogP contribution in [0.15, 0.2) is 35.2 Å². The average Bonchev–Trinajstić information content (AvgIpc) is 2.30. The van der Waals surface area contributed by atoms with E-state index < -0.39 is 10.0 Å². The van der Waals surface area contributed by atoms with Gasteiger partial charge in [-0.2, -0.15) is 4.31 Å². The molecule has 0 aromatic heterocycles. The molecule has 1 heterocycles. The van der Waals surface area contributed by atoms with Crippen molar-refractivity contribution in [3.8, 4) is 0 Å². The molecule has 88 valence electrons. The summed E-state index contributed by atoms with van der Waals surface area (Å²) in [5, 5.41) is 0.891. The molecule has 0 radical (unpaired) electrons. The summed E-state index contributed by atoms with van der Waals surface area (Å²) < 4.78 is 39.1. The van der Waals surface area contributed by atoms with Crippen LogP contribution >= 0.6 is 0 Å². The smallest absolute Gasteiger partial charge is 0.207 e. The molecule has 0 unspecified atom stereocenters. The van der Waals surface area contributed by atoms with Crippen LogP contribution in [0.2, 0.25) is 0 Å². The van der Waals surface area contributed by atoms with E-state index >= 15 is 0 Å². The van der Waals surface area contributed by atoms with Gasteiger partial charge in [0.15, 0.2) is 0 Å². The second kappa shape index (κ2) is 3.27. The summed E-state index contributed by atoms with van der Waals surface area (Å²) in [7, 11) is -1.95. The largest absolute Gasteiger partial charge is 0.243 e. The van der Waals surface area contributed by atoms with Gasteiger partial charge in [-0.15, -0.1) is 0 Å². The standard InChI is InChI=1S/C12H10FNO2S/c1-14-7-8-5-6-10(13)9-3-2-4-11(12(8)9)17(14,15)16/h2-6H,7H2,1H3. The molecular weight excluding hydrogens is 241 g/mol. The fraction of sp³-hybridized carbons (Fsp3) is 0.167. The molecule has 2 aromatic carbocycles. The van der Waals surface area contributed by atoms with Crippen LogP contribution in [0.5, 0.6) is 0 Å². The molecule has 1 aliphatic rings. The second-order valence-corrected chi connectivity index (χ2v) is 6.16. The van der Waals surface area contributed by atoms with Gasteiger partial charge in [-0.3, -0.25) is 0 Å². The van der Waals surface area contributed by atoms with Crippen molar-refractivity contribution < 1.29 is 12.8 Å². The Morgan fingerprint density at radius 2 is 2.00 bits per heavy atom. The Balaban J connectivity index is 2.56. The Morgan fingerprint density at radius 1 is 1.24 bits per heavy atom. The van der Waals surface area contributed by atoms with Crippen LogP contribution in [0.25, 0.3) is 10.8 Å². The molecule has 0 N–H and O–H groups in total. The van der Waals surface area contributed by atoms with Crippen molar-refractivity contribution in [3.63, 3.8) is 0 Å². The van der Waals surface area contributed by atoms with Gasteiger partial charge in [-0.1, -0.05) is 18.2 Å². The summed E-state index contributed by atoms with van der Waals surface area (Å²) in [5.41, 5.74) is 0.842. The highest BCUT2D eigenvalue weighted by molar-refractivity contribution is 7.89. The van der Waals surface area contributed by atoms with E-state index in [9.17, 15) is 12.8 Å². The summed E-state index contributed by atoms with van der Waals surface area (Å²) in [6, 6.07) is 7.73. The maximum Gasteiger partial charge on any atom is 0.243 e. The van der Waals surface area contributed by atoms with Crippen LogP contribution in [0.3, 0.4) is 0 Å². The molecular formula is C12H10FNO2S. The lowest BCUT2D eigenvalue weighted by molar-refractivity contribution is 0.462. The Kier molecular flexibility index (Phi) is 2.06. The van der Waals surface area contributed by atoms with E-state index in [1.807, 2.05) is 0 Å².